The molecule has 0 aliphatic carbocycles. The maximum absolute atomic E-state index is 11.9. The largest absolute Gasteiger partial charge is 0.494 e. The number of ether oxygens (including phenoxy) is 1. The van der Waals surface area contributed by atoms with Crippen molar-refractivity contribution in [2.45, 2.75) is 12.8 Å². The van der Waals surface area contributed by atoms with Crippen LogP contribution < -0.4 is 15.4 Å². The molecule has 0 fully saturated rings. The molecule has 0 aliphatic rings. The highest BCUT2D eigenvalue weighted by atomic mass is 35.5. The molecule has 0 radical (unpaired) electrons. The summed E-state index contributed by atoms with van der Waals surface area (Å²) < 4.78 is 5.57. The number of carbonyl (C=O) groups is 2. The Morgan fingerprint density at radius 2 is 1.65 bits per heavy atom. The zero-order valence-electron chi connectivity index (χ0n) is 14.1. The molecule has 0 atom stereocenters. The summed E-state index contributed by atoms with van der Waals surface area (Å²) in [6.45, 7) is 0.983. The predicted molar refractivity (Wildman–Crippen MR) is 103 cm³/mol. The van der Waals surface area contributed by atoms with Crippen LogP contribution in [0.1, 0.15) is 23.2 Å². The third kappa shape index (κ3) is 6.94. The van der Waals surface area contributed by atoms with Crippen molar-refractivity contribution in [3.63, 3.8) is 0 Å². The summed E-state index contributed by atoms with van der Waals surface area (Å²) in [7, 11) is 0. The molecule has 0 saturated carbocycles. The first kappa shape index (κ1) is 20.1. The quantitative estimate of drug-likeness (QED) is 0.637. The number of carbonyl (C=O) groups excluding carboxylic acids is 2. The van der Waals surface area contributed by atoms with E-state index in [1.54, 1.807) is 36.4 Å². The van der Waals surface area contributed by atoms with Crippen LogP contribution in [-0.2, 0) is 4.79 Å². The molecule has 0 bridgehead atoms. The maximum Gasteiger partial charge on any atom is 0.253 e. The molecule has 2 amide bonds. The number of amides is 2. The second-order valence-electron chi connectivity index (χ2n) is 5.52. The first-order valence-corrected chi connectivity index (χ1v) is 8.99. The topological polar surface area (TPSA) is 67.4 Å². The van der Waals surface area contributed by atoms with Crippen molar-refractivity contribution in [3.8, 4) is 5.75 Å². The minimum Gasteiger partial charge on any atom is -0.494 e. The highest BCUT2D eigenvalue weighted by Gasteiger charge is 2.10. The van der Waals surface area contributed by atoms with Crippen molar-refractivity contribution >= 4 is 35.0 Å². The summed E-state index contributed by atoms with van der Waals surface area (Å²) in [5, 5.41) is 6.32. The van der Waals surface area contributed by atoms with Crippen molar-refractivity contribution in [2.24, 2.45) is 0 Å². The molecule has 2 aromatic rings. The Kier molecular flexibility index (Phi) is 8.25. The summed E-state index contributed by atoms with van der Waals surface area (Å²) in [6, 6.07) is 13.9. The van der Waals surface area contributed by atoms with Crippen LogP contribution in [-0.4, -0.2) is 31.5 Å². The number of nitrogens with one attached hydrogen (secondary N) is 2. The Hall–Kier alpha value is -2.24. The van der Waals surface area contributed by atoms with E-state index in [1.807, 2.05) is 12.1 Å². The van der Waals surface area contributed by atoms with E-state index in [2.05, 4.69) is 10.6 Å². The number of unbranched alkanes of at least 4 members (excludes halogenated alkanes) is 1. The number of hydrogen-bond acceptors (Lipinski definition) is 3. The van der Waals surface area contributed by atoms with Crippen LogP contribution in [0.2, 0.25) is 10.0 Å². The molecule has 5 nitrogen and oxygen atoms in total. The lowest BCUT2D eigenvalue weighted by atomic mass is 10.2. The summed E-state index contributed by atoms with van der Waals surface area (Å²) in [6.07, 6.45) is 1.58. The average molecular weight is 395 g/mol. The number of benzene rings is 2. The first-order valence-electron chi connectivity index (χ1n) is 8.24. The predicted octanol–water partition coefficient (Wildman–Crippen LogP) is 3.70. The van der Waals surface area contributed by atoms with E-state index in [-0.39, 0.29) is 18.4 Å². The lowest BCUT2D eigenvalue weighted by Gasteiger charge is -2.08. The molecule has 0 aliphatic heterocycles. The summed E-state index contributed by atoms with van der Waals surface area (Å²) in [5.41, 5.74) is 0.348. The molecule has 26 heavy (non-hydrogen) atoms. The van der Waals surface area contributed by atoms with Crippen molar-refractivity contribution in [3.05, 3.63) is 64.1 Å². The average Bonchev–Trinajstić information content (AvgIpc) is 2.64. The van der Waals surface area contributed by atoms with E-state index in [1.165, 1.54) is 0 Å². The van der Waals surface area contributed by atoms with Crippen LogP contribution in [0.4, 0.5) is 0 Å². The fourth-order valence-corrected chi connectivity index (χ4v) is 2.49. The van der Waals surface area contributed by atoms with Gasteiger partial charge in [-0.2, -0.15) is 0 Å². The van der Waals surface area contributed by atoms with Crippen molar-refractivity contribution < 1.29 is 14.3 Å². The van der Waals surface area contributed by atoms with Gasteiger partial charge in [0.05, 0.1) is 23.7 Å². The van der Waals surface area contributed by atoms with Crippen molar-refractivity contribution in [1.82, 2.24) is 10.6 Å². The van der Waals surface area contributed by atoms with Gasteiger partial charge in [-0.3, -0.25) is 9.59 Å². The molecule has 0 unspecified atom stereocenters. The van der Waals surface area contributed by atoms with Gasteiger partial charge in [-0.05, 0) is 49.2 Å². The van der Waals surface area contributed by atoms with Crippen LogP contribution in [0.25, 0.3) is 0 Å². The van der Waals surface area contributed by atoms with Crippen molar-refractivity contribution in [1.29, 1.82) is 0 Å². The number of hydrogen-bond donors (Lipinski definition) is 2. The van der Waals surface area contributed by atoms with E-state index in [9.17, 15) is 9.59 Å². The molecule has 2 aromatic carbocycles. The lowest BCUT2D eigenvalue weighted by Crippen LogP contribution is -2.37. The van der Waals surface area contributed by atoms with E-state index in [0.29, 0.717) is 28.8 Å². The molecule has 0 aromatic heterocycles. The highest BCUT2D eigenvalue weighted by molar-refractivity contribution is 6.33. The van der Waals surface area contributed by atoms with Crippen LogP contribution in [0.5, 0.6) is 5.75 Å². The molecule has 0 saturated heterocycles. The van der Waals surface area contributed by atoms with Crippen LogP contribution >= 0.6 is 23.2 Å². The van der Waals surface area contributed by atoms with E-state index < -0.39 is 0 Å². The van der Waals surface area contributed by atoms with Crippen LogP contribution in [0.3, 0.4) is 0 Å². The monoisotopic (exact) mass is 394 g/mol. The molecule has 0 heterocycles. The fourth-order valence-electron chi connectivity index (χ4n) is 2.14. The Labute approximate surface area is 162 Å². The minimum atomic E-state index is -0.373. The van der Waals surface area contributed by atoms with Gasteiger partial charge < -0.3 is 15.4 Å². The molecule has 138 valence electrons. The summed E-state index contributed by atoms with van der Waals surface area (Å²) in [5.74, 6) is 0.145. The van der Waals surface area contributed by atoms with Gasteiger partial charge >= 0.3 is 0 Å². The van der Waals surface area contributed by atoms with Gasteiger partial charge in [-0.1, -0.05) is 35.3 Å². The van der Waals surface area contributed by atoms with Gasteiger partial charge in [0.25, 0.3) is 5.91 Å². The van der Waals surface area contributed by atoms with E-state index >= 15 is 0 Å². The van der Waals surface area contributed by atoms with Gasteiger partial charge in [0.15, 0.2) is 0 Å². The zero-order chi connectivity index (χ0) is 18.8. The van der Waals surface area contributed by atoms with Gasteiger partial charge in [-0.25, -0.2) is 0 Å². The SMILES string of the molecule is O=C(CNC(=O)c1ccccc1Cl)NCCCCOc1ccc(Cl)cc1. The Balaban J connectivity index is 1.55. The normalized spacial score (nSPS) is 10.2. The number of rotatable bonds is 9. The van der Waals surface area contributed by atoms with Gasteiger partial charge in [0.2, 0.25) is 5.91 Å². The van der Waals surface area contributed by atoms with Gasteiger partial charge in [0.1, 0.15) is 5.75 Å². The molecular formula is C19H20Cl2N2O3. The standard InChI is InChI=1S/C19H20Cl2N2O3/c20-14-7-9-15(10-8-14)26-12-4-3-11-22-18(24)13-23-19(25)16-5-1-2-6-17(16)21/h1-2,5-10H,3-4,11-13H2,(H,22,24)(H,23,25). The fraction of sp³-hybridized carbons (Fsp3) is 0.263. The lowest BCUT2D eigenvalue weighted by molar-refractivity contribution is -0.120. The number of halogens is 2. The Morgan fingerprint density at radius 1 is 0.923 bits per heavy atom. The first-order chi connectivity index (χ1) is 12.6. The van der Waals surface area contributed by atoms with E-state index in [4.69, 9.17) is 27.9 Å². The highest BCUT2D eigenvalue weighted by Crippen LogP contribution is 2.16. The van der Waals surface area contributed by atoms with Gasteiger partial charge in [-0.15, -0.1) is 0 Å². The maximum atomic E-state index is 11.9. The molecule has 7 heteroatoms. The van der Waals surface area contributed by atoms with E-state index in [0.717, 1.165) is 18.6 Å². The van der Waals surface area contributed by atoms with Gasteiger partial charge in [0, 0.05) is 11.6 Å². The second kappa shape index (κ2) is 10.7. The molecule has 2 N–H and O–H groups in total. The van der Waals surface area contributed by atoms with Crippen molar-refractivity contribution in [2.75, 3.05) is 19.7 Å². The van der Waals surface area contributed by atoms with Crippen LogP contribution in [0, 0.1) is 0 Å². The third-order valence-corrected chi connectivity index (χ3v) is 4.09. The van der Waals surface area contributed by atoms with Crippen LogP contribution in [0.15, 0.2) is 48.5 Å². The Morgan fingerprint density at radius 3 is 2.38 bits per heavy atom. The smallest absolute Gasteiger partial charge is 0.253 e. The zero-order valence-corrected chi connectivity index (χ0v) is 15.6. The second-order valence-corrected chi connectivity index (χ2v) is 6.37. The molecular weight excluding hydrogens is 375 g/mol. The Bertz CT molecular complexity index is 736. The minimum absolute atomic E-state index is 0.0919. The summed E-state index contributed by atoms with van der Waals surface area (Å²) >= 11 is 11.7. The molecule has 0 spiro atoms. The summed E-state index contributed by atoms with van der Waals surface area (Å²) in [4.78, 5) is 23.7. The molecule has 2 rings (SSSR count). The third-order valence-electron chi connectivity index (χ3n) is 3.50.